The van der Waals surface area contributed by atoms with Crippen LogP contribution < -0.4 is 5.32 Å². The fraction of sp³-hybridized carbons (Fsp3) is 0.381. The maximum absolute atomic E-state index is 14.3. The van der Waals surface area contributed by atoms with Crippen molar-refractivity contribution in [3.63, 3.8) is 0 Å². The van der Waals surface area contributed by atoms with E-state index in [-0.39, 0.29) is 11.3 Å². The Labute approximate surface area is 147 Å². The SMILES string of the molecule is Cc1cccc(CC(=O)NCC2(c3ccc(F)cc3F)CC2(C)C)c1. The lowest BCUT2D eigenvalue weighted by molar-refractivity contribution is -0.120. The van der Waals surface area contributed by atoms with Crippen LogP contribution in [0.5, 0.6) is 0 Å². The number of hydrogen-bond donors (Lipinski definition) is 1. The topological polar surface area (TPSA) is 29.1 Å². The Balaban J connectivity index is 1.72. The molecule has 1 aliphatic rings. The number of amides is 1. The minimum atomic E-state index is -0.585. The molecule has 0 saturated heterocycles. The van der Waals surface area contributed by atoms with Gasteiger partial charge in [-0.05, 0) is 36.0 Å². The van der Waals surface area contributed by atoms with E-state index in [0.29, 0.717) is 18.5 Å². The number of halogens is 2. The molecule has 1 amide bonds. The molecule has 1 N–H and O–H groups in total. The smallest absolute Gasteiger partial charge is 0.224 e. The van der Waals surface area contributed by atoms with Crippen molar-refractivity contribution in [2.24, 2.45) is 5.41 Å². The second-order valence-electron chi connectivity index (χ2n) is 7.71. The summed E-state index contributed by atoms with van der Waals surface area (Å²) in [6.45, 7) is 6.43. The van der Waals surface area contributed by atoms with E-state index < -0.39 is 17.0 Å². The van der Waals surface area contributed by atoms with Crippen molar-refractivity contribution in [3.8, 4) is 0 Å². The van der Waals surface area contributed by atoms with Gasteiger partial charge in [-0.2, -0.15) is 0 Å². The Morgan fingerprint density at radius 3 is 2.48 bits per heavy atom. The quantitative estimate of drug-likeness (QED) is 0.862. The summed E-state index contributed by atoms with van der Waals surface area (Å²) < 4.78 is 27.5. The van der Waals surface area contributed by atoms with E-state index in [1.54, 1.807) is 0 Å². The molecule has 132 valence electrons. The fourth-order valence-electron chi connectivity index (χ4n) is 3.76. The summed E-state index contributed by atoms with van der Waals surface area (Å²) >= 11 is 0. The van der Waals surface area contributed by atoms with E-state index in [1.165, 1.54) is 12.1 Å². The minimum absolute atomic E-state index is 0.0878. The van der Waals surface area contributed by atoms with Gasteiger partial charge in [-0.3, -0.25) is 4.79 Å². The van der Waals surface area contributed by atoms with Crippen LogP contribution in [0.15, 0.2) is 42.5 Å². The highest BCUT2D eigenvalue weighted by atomic mass is 19.1. The zero-order chi connectivity index (χ0) is 18.2. The monoisotopic (exact) mass is 343 g/mol. The number of hydrogen-bond acceptors (Lipinski definition) is 1. The lowest BCUT2D eigenvalue weighted by Gasteiger charge is -2.22. The average molecular weight is 343 g/mol. The molecule has 2 aromatic carbocycles. The van der Waals surface area contributed by atoms with Crippen molar-refractivity contribution in [3.05, 3.63) is 70.8 Å². The van der Waals surface area contributed by atoms with Gasteiger partial charge in [-0.15, -0.1) is 0 Å². The summed E-state index contributed by atoms with van der Waals surface area (Å²) in [5.41, 5.74) is 1.93. The van der Waals surface area contributed by atoms with Crippen LogP contribution in [0.3, 0.4) is 0 Å². The van der Waals surface area contributed by atoms with Crippen LogP contribution in [0.2, 0.25) is 0 Å². The highest BCUT2D eigenvalue weighted by molar-refractivity contribution is 5.78. The molecule has 3 rings (SSSR count). The van der Waals surface area contributed by atoms with Gasteiger partial charge in [0.05, 0.1) is 6.42 Å². The van der Waals surface area contributed by atoms with Gasteiger partial charge in [0.15, 0.2) is 0 Å². The third-order valence-electron chi connectivity index (χ3n) is 5.40. The van der Waals surface area contributed by atoms with Crippen LogP contribution >= 0.6 is 0 Å². The number of nitrogens with one attached hydrogen (secondary N) is 1. The predicted molar refractivity (Wildman–Crippen MR) is 94.3 cm³/mol. The molecule has 0 heterocycles. The van der Waals surface area contributed by atoms with Crippen molar-refractivity contribution in [1.82, 2.24) is 5.32 Å². The van der Waals surface area contributed by atoms with Gasteiger partial charge in [0.2, 0.25) is 5.91 Å². The fourth-order valence-corrected chi connectivity index (χ4v) is 3.76. The van der Waals surface area contributed by atoms with E-state index >= 15 is 0 Å². The van der Waals surface area contributed by atoms with Crippen LogP contribution in [-0.2, 0) is 16.6 Å². The first-order valence-corrected chi connectivity index (χ1v) is 8.51. The van der Waals surface area contributed by atoms with Gasteiger partial charge in [0.25, 0.3) is 0 Å². The van der Waals surface area contributed by atoms with Gasteiger partial charge < -0.3 is 5.32 Å². The van der Waals surface area contributed by atoms with Crippen molar-refractivity contribution in [2.75, 3.05) is 6.54 Å². The molecule has 1 saturated carbocycles. The lowest BCUT2D eigenvalue weighted by Crippen LogP contribution is -2.36. The normalized spacial score (nSPS) is 21.0. The van der Waals surface area contributed by atoms with E-state index in [0.717, 1.165) is 23.6 Å². The van der Waals surface area contributed by atoms with Crippen LogP contribution in [0, 0.1) is 24.0 Å². The third-order valence-corrected chi connectivity index (χ3v) is 5.40. The van der Waals surface area contributed by atoms with Gasteiger partial charge in [0.1, 0.15) is 11.6 Å². The van der Waals surface area contributed by atoms with E-state index in [9.17, 15) is 13.6 Å². The number of carbonyl (C=O) groups excluding carboxylic acids is 1. The molecule has 1 atom stereocenters. The summed E-state index contributed by atoms with van der Waals surface area (Å²) in [5, 5.41) is 2.95. The van der Waals surface area contributed by atoms with Gasteiger partial charge in [-0.25, -0.2) is 8.78 Å². The molecular formula is C21H23F2NO. The van der Waals surface area contributed by atoms with Crippen LogP contribution in [-0.4, -0.2) is 12.5 Å². The molecule has 2 aromatic rings. The highest BCUT2D eigenvalue weighted by Crippen LogP contribution is 2.64. The molecule has 1 fully saturated rings. The first-order chi connectivity index (χ1) is 11.7. The minimum Gasteiger partial charge on any atom is -0.355 e. The first kappa shape index (κ1) is 17.6. The number of benzene rings is 2. The van der Waals surface area contributed by atoms with E-state index in [4.69, 9.17) is 0 Å². The van der Waals surface area contributed by atoms with E-state index in [1.807, 2.05) is 45.0 Å². The average Bonchev–Trinajstić information content (AvgIpc) is 3.07. The van der Waals surface area contributed by atoms with Gasteiger partial charge in [0, 0.05) is 18.0 Å². The van der Waals surface area contributed by atoms with Crippen LogP contribution in [0.4, 0.5) is 8.78 Å². The molecule has 0 aliphatic heterocycles. The Bertz CT molecular complexity index is 815. The Kier molecular flexibility index (Phi) is 4.40. The zero-order valence-corrected chi connectivity index (χ0v) is 14.8. The molecular weight excluding hydrogens is 320 g/mol. The molecule has 0 bridgehead atoms. The molecule has 2 nitrogen and oxygen atoms in total. The maximum Gasteiger partial charge on any atom is 0.224 e. The Morgan fingerprint density at radius 1 is 1.16 bits per heavy atom. The van der Waals surface area contributed by atoms with Crippen molar-refractivity contribution in [1.29, 1.82) is 0 Å². The van der Waals surface area contributed by atoms with Gasteiger partial charge >= 0.3 is 0 Å². The van der Waals surface area contributed by atoms with E-state index in [2.05, 4.69) is 5.32 Å². The molecule has 0 spiro atoms. The lowest BCUT2D eigenvalue weighted by atomic mass is 9.87. The molecule has 1 aliphatic carbocycles. The number of carbonyl (C=O) groups is 1. The van der Waals surface area contributed by atoms with Gasteiger partial charge in [-0.1, -0.05) is 49.7 Å². The second-order valence-corrected chi connectivity index (χ2v) is 7.71. The zero-order valence-electron chi connectivity index (χ0n) is 14.8. The summed E-state index contributed by atoms with van der Waals surface area (Å²) in [5.74, 6) is -1.22. The Hall–Kier alpha value is -2.23. The third kappa shape index (κ3) is 3.44. The van der Waals surface area contributed by atoms with Crippen LogP contribution in [0.1, 0.15) is 37.0 Å². The summed E-state index contributed by atoms with van der Waals surface area (Å²) in [7, 11) is 0. The summed E-state index contributed by atoms with van der Waals surface area (Å²) in [4.78, 5) is 12.3. The van der Waals surface area contributed by atoms with Crippen LogP contribution in [0.25, 0.3) is 0 Å². The number of rotatable bonds is 5. The first-order valence-electron chi connectivity index (χ1n) is 8.51. The molecule has 0 aromatic heterocycles. The van der Waals surface area contributed by atoms with Crippen molar-refractivity contribution in [2.45, 2.75) is 39.0 Å². The molecule has 4 heteroatoms. The molecule has 0 radical (unpaired) electrons. The summed E-state index contributed by atoms with van der Waals surface area (Å²) in [6.07, 6.45) is 1.05. The largest absolute Gasteiger partial charge is 0.355 e. The highest BCUT2D eigenvalue weighted by Gasteiger charge is 2.62. The molecule has 1 unspecified atom stereocenters. The van der Waals surface area contributed by atoms with Crippen molar-refractivity contribution < 1.29 is 13.6 Å². The Morgan fingerprint density at radius 2 is 1.88 bits per heavy atom. The summed E-state index contributed by atoms with van der Waals surface area (Å²) in [6, 6.07) is 11.5. The van der Waals surface area contributed by atoms with Crippen molar-refractivity contribution >= 4 is 5.91 Å². The maximum atomic E-state index is 14.3. The second kappa shape index (κ2) is 6.25. The number of aryl methyl sites for hydroxylation is 1. The molecule has 25 heavy (non-hydrogen) atoms. The standard InChI is InChI=1S/C21H23F2NO/c1-14-5-4-6-15(9-14)10-19(25)24-13-21(12-20(21,2)3)17-8-7-16(22)11-18(17)23/h4-9,11H,10,12-13H2,1-3H3,(H,24,25). The predicted octanol–water partition coefficient (Wildman–Crippen LogP) is 4.30.